The van der Waals surface area contributed by atoms with Gasteiger partial charge in [-0.15, -0.1) is 11.3 Å². The maximum Gasteiger partial charge on any atom is 0.0809 e. The maximum atomic E-state index is 10.2. The van der Waals surface area contributed by atoms with E-state index in [4.69, 9.17) is 0 Å². The highest BCUT2D eigenvalue weighted by Gasteiger charge is 2.16. The first kappa shape index (κ1) is 15.4. The fourth-order valence-electron chi connectivity index (χ4n) is 2.51. The molecule has 0 fully saturated rings. The topological polar surface area (TPSA) is 45.1 Å². The monoisotopic (exact) mass is 292 g/mol. The van der Waals surface area contributed by atoms with Gasteiger partial charge >= 0.3 is 0 Å². The molecule has 2 N–H and O–H groups in total. The Morgan fingerprint density at radius 2 is 2.10 bits per heavy atom. The minimum absolute atomic E-state index is 0.206. The smallest absolute Gasteiger partial charge is 0.0809 e. The van der Waals surface area contributed by atoms with Gasteiger partial charge in [-0.1, -0.05) is 26.7 Å². The lowest BCUT2D eigenvalue weighted by molar-refractivity contribution is 0.0989. The van der Waals surface area contributed by atoms with Crippen LogP contribution in [-0.4, -0.2) is 22.7 Å². The van der Waals surface area contributed by atoms with E-state index in [9.17, 15) is 5.11 Å². The van der Waals surface area contributed by atoms with Crippen molar-refractivity contribution in [1.29, 1.82) is 0 Å². The Bertz CT molecular complexity index is 536. The number of nitrogens with one attached hydrogen (secondary N) is 1. The zero-order valence-corrected chi connectivity index (χ0v) is 13.3. The Labute approximate surface area is 125 Å². The number of hydrogen-bond donors (Lipinski definition) is 2. The molecule has 20 heavy (non-hydrogen) atoms. The van der Waals surface area contributed by atoms with E-state index in [1.54, 1.807) is 11.3 Å². The molecule has 0 bridgehead atoms. The summed E-state index contributed by atoms with van der Waals surface area (Å²) in [5.74, 6) is 0.382. The van der Waals surface area contributed by atoms with Crippen LogP contribution in [0.2, 0.25) is 0 Å². The van der Waals surface area contributed by atoms with Gasteiger partial charge in [-0.05, 0) is 35.9 Å². The number of aromatic nitrogens is 1. The molecule has 0 spiro atoms. The number of pyridine rings is 1. The minimum atomic E-state index is -0.272. The first-order valence-electron chi connectivity index (χ1n) is 7.40. The van der Waals surface area contributed by atoms with Gasteiger partial charge in [-0.2, -0.15) is 0 Å². The molecule has 2 aromatic heterocycles. The molecule has 0 aliphatic heterocycles. The van der Waals surface area contributed by atoms with Gasteiger partial charge in [0.1, 0.15) is 0 Å². The summed E-state index contributed by atoms with van der Waals surface area (Å²) >= 11 is 1.72. The van der Waals surface area contributed by atoms with Crippen LogP contribution in [0.15, 0.2) is 23.7 Å². The summed E-state index contributed by atoms with van der Waals surface area (Å²) in [5.41, 5.74) is 2.24. The van der Waals surface area contributed by atoms with E-state index in [0.717, 1.165) is 18.4 Å². The lowest BCUT2D eigenvalue weighted by atomic mass is 9.96. The number of rotatable bonds is 7. The molecule has 0 amide bonds. The van der Waals surface area contributed by atoms with Gasteiger partial charge < -0.3 is 10.4 Å². The number of fused-ring (bicyclic) bond motifs is 1. The van der Waals surface area contributed by atoms with Gasteiger partial charge in [0.2, 0.25) is 0 Å². The van der Waals surface area contributed by atoms with Crippen molar-refractivity contribution in [2.75, 3.05) is 6.54 Å². The number of aliphatic hydroxyl groups is 1. The number of thiophene rings is 1. The Morgan fingerprint density at radius 3 is 2.80 bits per heavy atom. The zero-order chi connectivity index (χ0) is 14.5. The molecule has 2 heterocycles. The molecular formula is C16H24N2OS. The van der Waals surface area contributed by atoms with Gasteiger partial charge in [0, 0.05) is 18.8 Å². The van der Waals surface area contributed by atoms with Crippen molar-refractivity contribution in [1.82, 2.24) is 10.3 Å². The molecule has 0 saturated carbocycles. The Hall–Kier alpha value is -0.970. The Balaban J connectivity index is 1.95. The van der Waals surface area contributed by atoms with Crippen LogP contribution < -0.4 is 5.32 Å². The highest BCUT2D eigenvalue weighted by Crippen LogP contribution is 2.22. The lowest BCUT2D eigenvalue weighted by Crippen LogP contribution is -2.33. The largest absolute Gasteiger partial charge is 0.392 e. The van der Waals surface area contributed by atoms with E-state index < -0.39 is 0 Å². The molecule has 3 nitrogen and oxygen atoms in total. The van der Waals surface area contributed by atoms with Crippen LogP contribution in [0.25, 0.3) is 10.2 Å². The molecule has 0 aromatic carbocycles. The third-order valence-electron chi connectivity index (χ3n) is 4.05. The van der Waals surface area contributed by atoms with E-state index in [2.05, 4.69) is 42.5 Å². The van der Waals surface area contributed by atoms with E-state index >= 15 is 0 Å². The average Bonchev–Trinajstić information content (AvgIpc) is 2.93. The molecule has 0 saturated heterocycles. The van der Waals surface area contributed by atoms with Crippen molar-refractivity contribution in [3.63, 3.8) is 0 Å². The van der Waals surface area contributed by atoms with Crippen molar-refractivity contribution in [2.24, 2.45) is 5.92 Å². The average molecular weight is 292 g/mol. The van der Waals surface area contributed by atoms with Crippen molar-refractivity contribution in [3.8, 4) is 0 Å². The summed E-state index contributed by atoms with van der Waals surface area (Å²) in [6, 6.07) is 4.44. The molecule has 2 rings (SSSR count). The van der Waals surface area contributed by atoms with Crippen LogP contribution in [0.5, 0.6) is 0 Å². The summed E-state index contributed by atoms with van der Waals surface area (Å²) in [6.07, 6.45) is 3.70. The predicted molar refractivity (Wildman–Crippen MR) is 86.1 cm³/mol. The zero-order valence-electron chi connectivity index (χ0n) is 12.5. The standard InChI is InChI=1S/C16H24N2OS/c1-4-12(5-2)15(19)10-17-11(3)13-8-16-14(18-9-13)6-7-20-16/h6-9,11-12,15,17,19H,4-5,10H2,1-3H3. The molecule has 0 aliphatic carbocycles. The van der Waals surface area contributed by atoms with Crippen LogP contribution in [0.1, 0.15) is 45.2 Å². The van der Waals surface area contributed by atoms with E-state index in [-0.39, 0.29) is 12.1 Å². The van der Waals surface area contributed by atoms with Crippen LogP contribution >= 0.6 is 11.3 Å². The number of nitrogens with zero attached hydrogens (tertiary/aromatic N) is 1. The molecule has 0 radical (unpaired) electrons. The molecule has 2 aromatic rings. The molecular weight excluding hydrogens is 268 g/mol. The highest BCUT2D eigenvalue weighted by molar-refractivity contribution is 7.17. The second-order valence-corrected chi connectivity index (χ2v) is 6.29. The van der Waals surface area contributed by atoms with Crippen molar-refractivity contribution in [2.45, 2.75) is 45.8 Å². The Morgan fingerprint density at radius 1 is 1.35 bits per heavy atom. The highest BCUT2D eigenvalue weighted by atomic mass is 32.1. The van der Waals surface area contributed by atoms with Gasteiger partial charge in [0.05, 0.1) is 16.3 Å². The van der Waals surface area contributed by atoms with Crippen molar-refractivity contribution >= 4 is 21.6 Å². The van der Waals surface area contributed by atoms with E-state index in [1.165, 1.54) is 10.3 Å². The van der Waals surface area contributed by atoms with Gasteiger partial charge in [0.25, 0.3) is 0 Å². The molecule has 2 unspecified atom stereocenters. The predicted octanol–water partition coefficient (Wildman–Crippen LogP) is 3.74. The number of aliphatic hydroxyl groups excluding tert-OH is 1. The molecule has 0 aliphatic rings. The fourth-order valence-corrected chi connectivity index (χ4v) is 3.30. The van der Waals surface area contributed by atoms with Crippen LogP contribution in [0.3, 0.4) is 0 Å². The van der Waals surface area contributed by atoms with E-state index in [0.29, 0.717) is 12.5 Å². The molecule has 2 atom stereocenters. The first-order chi connectivity index (χ1) is 9.65. The summed E-state index contributed by atoms with van der Waals surface area (Å²) in [7, 11) is 0. The van der Waals surface area contributed by atoms with Gasteiger partial charge in [-0.25, -0.2) is 0 Å². The number of hydrogen-bond acceptors (Lipinski definition) is 4. The third kappa shape index (κ3) is 3.57. The van der Waals surface area contributed by atoms with Crippen molar-refractivity contribution < 1.29 is 5.11 Å². The van der Waals surface area contributed by atoms with Gasteiger partial charge in [-0.3, -0.25) is 4.98 Å². The normalized spacial score (nSPS) is 14.8. The van der Waals surface area contributed by atoms with E-state index in [1.807, 2.05) is 12.3 Å². The van der Waals surface area contributed by atoms with Crippen molar-refractivity contribution in [3.05, 3.63) is 29.3 Å². The fraction of sp³-hybridized carbons (Fsp3) is 0.562. The van der Waals surface area contributed by atoms with Crippen LogP contribution in [0.4, 0.5) is 0 Å². The minimum Gasteiger partial charge on any atom is -0.392 e. The SMILES string of the molecule is CCC(CC)C(O)CNC(C)c1cnc2ccsc2c1. The summed E-state index contributed by atoms with van der Waals surface area (Å²) in [4.78, 5) is 4.46. The van der Waals surface area contributed by atoms with Gasteiger partial charge in [0.15, 0.2) is 0 Å². The van der Waals surface area contributed by atoms with Crippen LogP contribution in [0, 0.1) is 5.92 Å². The first-order valence-corrected chi connectivity index (χ1v) is 8.28. The quantitative estimate of drug-likeness (QED) is 0.817. The maximum absolute atomic E-state index is 10.2. The Kier molecular flexibility index (Phi) is 5.52. The second kappa shape index (κ2) is 7.16. The van der Waals surface area contributed by atoms with Crippen LogP contribution in [-0.2, 0) is 0 Å². The third-order valence-corrected chi connectivity index (χ3v) is 4.90. The molecule has 110 valence electrons. The summed E-state index contributed by atoms with van der Waals surface area (Å²) in [5, 5.41) is 15.7. The lowest BCUT2D eigenvalue weighted by Gasteiger charge is -2.23. The summed E-state index contributed by atoms with van der Waals surface area (Å²) < 4.78 is 1.22. The molecule has 4 heteroatoms. The summed E-state index contributed by atoms with van der Waals surface area (Å²) in [6.45, 7) is 7.02. The second-order valence-electron chi connectivity index (χ2n) is 5.35.